The van der Waals surface area contributed by atoms with Gasteiger partial charge in [0.05, 0.1) is 18.4 Å². The van der Waals surface area contributed by atoms with Crippen molar-refractivity contribution in [3.05, 3.63) is 53.7 Å². The Balaban J connectivity index is 1.61. The minimum absolute atomic E-state index is 0.141. The molecule has 31 heavy (non-hydrogen) atoms. The summed E-state index contributed by atoms with van der Waals surface area (Å²) in [5.74, 6) is -0.407. The molecule has 10 heteroatoms. The van der Waals surface area contributed by atoms with Gasteiger partial charge in [-0.15, -0.1) is 0 Å². The zero-order chi connectivity index (χ0) is 22.0. The molecule has 1 unspecified atom stereocenters. The number of rotatable bonds is 6. The summed E-state index contributed by atoms with van der Waals surface area (Å²) >= 11 is 0. The molecule has 1 fully saturated rings. The summed E-state index contributed by atoms with van der Waals surface area (Å²) in [7, 11) is 0. The van der Waals surface area contributed by atoms with Gasteiger partial charge in [-0.2, -0.15) is 13.2 Å². The molecule has 1 aliphatic rings. The average molecular weight is 434 g/mol. The van der Waals surface area contributed by atoms with Crippen LogP contribution in [0.5, 0.6) is 5.75 Å². The first-order chi connectivity index (χ1) is 14.8. The van der Waals surface area contributed by atoms with Crippen LogP contribution in [0.25, 0.3) is 5.65 Å². The monoisotopic (exact) mass is 434 g/mol. The first kappa shape index (κ1) is 21.1. The van der Waals surface area contributed by atoms with Gasteiger partial charge in [-0.1, -0.05) is 6.07 Å². The predicted octanol–water partition coefficient (Wildman–Crippen LogP) is 4.12. The number of aromatic nitrogens is 3. The highest BCUT2D eigenvalue weighted by molar-refractivity contribution is 6.03. The Kier molecular flexibility index (Phi) is 5.81. The second-order valence-corrected chi connectivity index (χ2v) is 7.18. The molecule has 1 atom stereocenters. The summed E-state index contributed by atoms with van der Waals surface area (Å²) < 4.78 is 51.7. The van der Waals surface area contributed by atoms with Crippen molar-refractivity contribution in [1.29, 1.82) is 0 Å². The number of nitrogens with zero attached hydrogens (tertiary/aromatic N) is 3. The predicted molar refractivity (Wildman–Crippen MR) is 106 cm³/mol. The summed E-state index contributed by atoms with van der Waals surface area (Å²) in [4.78, 5) is 20.6. The third-order valence-corrected chi connectivity index (χ3v) is 4.89. The van der Waals surface area contributed by atoms with E-state index in [1.165, 1.54) is 6.07 Å². The first-order valence-corrected chi connectivity index (χ1v) is 9.95. The fourth-order valence-electron chi connectivity index (χ4n) is 3.48. The maximum Gasteiger partial charge on any atom is 0.433 e. The van der Waals surface area contributed by atoms with E-state index in [2.05, 4.69) is 15.3 Å². The highest BCUT2D eigenvalue weighted by Crippen LogP contribution is 2.29. The van der Waals surface area contributed by atoms with E-state index in [-0.39, 0.29) is 11.8 Å². The Morgan fingerprint density at radius 3 is 2.87 bits per heavy atom. The van der Waals surface area contributed by atoms with Gasteiger partial charge in [-0.3, -0.25) is 4.79 Å². The number of halogens is 3. The molecule has 0 saturated carbocycles. The normalized spacial score (nSPS) is 16.6. The zero-order valence-electron chi connectivity index (χ0n) is 16.8. The number of hydrogen-bond donors (Lipinski definition) is 1. The molecular formula is C21H21F3N4O3. The second-order valence-electron chi connectivity index (χ2n) is 7.18. The Bertz CT molecular complexity index is 1090. The highest BCUT2D eigenvalue weighted by atomic mass is 19.4. The van der Waals surface area contributed by atoms with Gasteiger partial charge in [-0.05, 0) is 31.9 Å². The van der Waals surface area contributed by atoms with E-state index in [0.717, 1.165) is 37.3 Å². The first-order valence-electron chi connectivity index (χ1n) is 9.95. The smallest absolute Gasteiger partial charge is 0.433 e. The molecule has 4 rings (SSSR count). The molecule has 0 radical (unpaired) electrons. The number of carbonyl (C=O) groups excluding carboxylic acids is 1. The molecular weight excluding hydrogens is 413 g/mol. The molecule has 7 nitrogen and oxygen atoms in total. The fourth-order valence-corrected chi connectivity index (χ4v) is 3.48. The maximum atomic E-state index is 12.9. The molecule has 4 heterocycles. The summed E-state index contributed by atoms with van der Waals surface area (Å²) in [6, 6.07) is 4.86. The van der Waals surface area contributed by atoms with Gasteiger partial charge in [-0.25, -0.2) is 9.97 Å². The molecule has 1 aliphatic heterocycles. The van der Waals surface area contributed by atoms with Crippen LogP contribution in [0.1, 0.15) is 41.6 Å². The molecule has 3 aromatic heterocycles. The molecule has 0 spiro atoms. The molecule has 1 saturated heterocycles. The van der Waals surface area contributed by atoms with Crippen molar-refractivity contribution >= 4 is 17.2 Å². The number of pyridine rings is 2. The van der Waals surface area contributed by atoms with Crippen molar-refractivity contribution in [3.63, 3.8) is 0 Å². The molecule has 164 valence electrons. The van der Waals surface area contributed by atoms with E-state index in [0.29, 0.717) is 30.1 Å². The average Bonchev–Trinajstić information content (AvgIpc) is 3.37. The van der Waals surface area contributed by atoms with Gasteiger partial charge in [0.25, 0.3) is 5.91 Å². The zero-order valence-corrected chi connectivity index (χ0v) is 16.8. The minimum atomic E-state index is -4.64. The third-order valence-electron chi connectivity index (χ3n) is 4.89. The topological polar surface area (TPSA) is 77.8 Å². The van der Waals surface area contributed by atoms with Crippen LogP contribution in [0.3, 0.4) is 0 Å². The van der Waals surface area contributed by atoms with Crippen LogP contribution >= 0.6 is 0 Å². The number of ether oxygens (including phenoxy) is 2. The van der Waals surface area contributed by atoms with Gasteiger partial charge in [0.15, 0.2) is 0 Å². The molecule has 0 aliphatic carbocycles. The number of alkyl halides is 3. The quantitative estimate of drug-likeness (QED) is 0.632. The SMILES string of the molecule is CCOc1cc2nc(CC3CCCO3)cn2cc1NC(=O)c1cccc(C(F)(F)F)n1. The minimum Gasteiger partial charge on any atom is -0.491 e. The number of anilines is 1. The Hall–Kier alpha value is -3.14. The van der Waals surface area contributed by atoms with E-state index in [1.807, 2.05) is 6.20 Å². The lowest BCUT2D eigenvalue weighted by molar-refractivity contribution is -0.141. The molecule has 0 bridgehead atoms. The highest BCUT2D eigenvalue weighted by Gasteiger charge is 2.33. The van der Waals surface area contributed by atoms with Gasteiger partial charge in [0.2, 0.25) is 0 Å². The number of nitrogens with one attached hydrogen (secondary N) is 1. The molecule has 3 aromatic rings. The fraction of sp³-hybridized carbons (Fsp3) is 0.381. The standard InChI is InChI=1S/C21H21F3N4O3/c1-2-30-17-10-19-25-13(9-14-5-4-8-31-14)11-28(19)12-16(17)27-20(29)15-6-3-7-18(26-15)21(22,23)24/h3,6-7,10-12,14H,2,4-5,8-9H2,1H3,(H,27,29). The van der Waals surface area contributed by atoms with Crippen LogP contribution in [-0.4, -0.2) is 39.6 Å². The van der Waals surface area contributed by atoms with Crippen molar-refractivity contribution < 1.29 is 27.4 Å². The van der Waals surface area contributed by atoms with E-state index < -0.39 is 17.8 Å². The number of amides is 1. The van der Waals surface area contributed by atoms with E-state index in [1.54, 1.807) is 23.6 Å². The largest absolute Gasteiger partial charge is 0.491 e. The summed E-state index contributed by atoms with van der Waals surface area (Å²) in [5.41, 5.74) is 0.305. The molecule has 0 aromatic carbocycles. The summed E-state index contributed by atoms with van der Waals surface area (Å²) in [6.45, 7) is 2.88. The summed E-state index contributed by atoms with van der Waals surface area (Å²) in [5, 5.41) is 2.60. The Morgan fingerprint density at radius 2 is 2.16 bits per heavy atom. The number of fused-ring (bicyclic) bond motifs is 1. The van der Waals surface area contributed by atoms with Gasteiger partial charge in [0, 0.05) is 31.5 Å². The second kappa shape index (κ2) is 8.54. The van der Waals surface area contributed by atoms with Crippen LogP contribution in [0.2, 0.25) is 0 Å². The third kappa shape index (κ3) is 4.79. The molecule has 1 N–H and O–H groups in total. The van der Waals surface area contributed by atoms with Crippen molar-refractivity contribution in [3.8, 4) is 5.75 Å². The van der Waals surface area contributed by atoms with Gasteiger partial charge >= 0.3 is 6.18 Å². The van der Waals surface area contributed by atoms with Gasteiger partial charge in [0.1, 0.15) is 28.5 Å². The van der Waals surface area contributed by atoms with Crippen molar-refractivity contribution in [2.24, 2.45) is 0 Å². The van der Waals surface area contributed by atoms with Gasteiger partial charge < -0.3 is 19.2 Å². The number of imidazole rings is 1. The van der Waals surface area contributed by atoms with E-state index in [4.69, 9.17) is 9.47 Å². The Labute approximate surface area is 176 Å². The van der Waals surface area contributed by atoms with Crippen LogP contribution in [-0.2, 0) is 17.3 Å². The van der Waals surface area contributed by atoms with E-state index in [9.17, 15) is 18.0 Å². The lowest BCUT2D eigenvalue weighted by atomic mass is 10.1. The van der Waals surface area contributed by atoms with Crippen molar-refractivity contribution in [1.82, 2.24) is 14.4 Å². The lowest BCUT2D eigenvalue weighted by Gasteiger charge is -2.12. The Morgan fingerprint density at radius 1 is 1.32 bits per heavy atom. The van der Waals surface area contributed by atoms with E-state index >= 15 is 0 Å². The number of carbonyl (C=O) groups is 1. The van der Waals surface area contributed by atoms with Crippen LogP contribution in [0.15, 0.2) is 36.7 Å². The lowest BCUT2D eigenvalue weighted by Crippen LogP contribution is -2.17. The van der Waals surface area contributed by atoms with Crippen molar-refractivity contribution in [2.45, 2.75) is 38.5 Å². The number of hydrogen-bond acceptors (Lipinski definition) is 5. The molecule has 1 amide bonds. The van der Waals surface area contributed by atoms with Crippen molar-refractivity contribution in [2.75, 3.05) is 18.5 Å². The van der Waals surface area contributed by atoms with Crippen LogP contribution in [0, 0.1) is 0 Å². The van der Waals surface area contributed by atoms with Crippen LogP contribution in [0.4, 0.5) is 18.9 Å². The summed E-state index contributed by atoms with van der Waals surface area (Å²) in [6.07, 6.45) is 1.67. The maximum absolute atomic E-state index is 12.9. The van der Waals surface area contributed by atoms with Crippen LogP contribution < -0.4 is 10.1 Å².